The van der Waals surface area contributed by atoms with Gasteiger partial charge in [-0.3, -0.25) is 4.21 Å². The molecule has 0 radical (unpaired) electrons. The van der Waals surface area contributed by atoms with Crippen molar-refractivity contribution in [2.45, 2.75) is 12.7 Å². The quantitative estimate of drug-likeness (QED) is 0.782. The molecule has 1 unspecified atom stereocenters. The standard InChI is InChI=1S/C11H13NO2S/c1-3-15(13)8-9-4-5-10(7-12)11(6-9)14-2/h4-6H,3,8H2,1-2H3. The Hall–Kier alpha value is -1.34. The summed E-state index contributed by atoms with van der Waals surface area (Å²) in [4.78, 5) is 0. The number of hydrogen-bond acceptors (Lipinski definition) is 3. The minimum atomic E-state index is -0.835. The van der Waals surface area contributed by atoms with Crippen LogP contribution < -0.4 is 4.74 Å². The maximum atomic E-state index is 11.3. The molecule has 0 saturated carbocycles. The zero-order chi connectivity index (χ0) is 11.3. The lowest BCUT2D eigenvalue weighted by Crippen LogP contribution is -1.98. The number of methoxy groups -OCH3 is 1. The second kappa shape index (κ2) is 5.52. The number of hydrogen-bond donors (Lipinski definition) is 0. The number of rotatable bonds is 4. The molecule has 1 aromatic carbocycles. The Kier molecular flexibility index (Phi) is 4.32. The van der Waals surface area contributed by atoms with E-state index in [-0.39, 0.29) is 0 Å². The number of nitrogens with zero attached hydrogens (tertiary/aromatic N) is 1. The van der Waals surface area contributed by atoms with Gasteiger partial charge in [0.05, 0.1) is 12.7 Å². The highest BCUT2D eigenvalue weighted by atomic mass is 32.2. The molecule has 3 nitrogen and oxygen atoms in total. The van der Waals surface area contributed by atoms with Crippen LogP contribution in [0.5, 0.6) is 5.75 Å². The summed E-state index contributed by atoms with van der Waals surface area (Å²) in [6.45, 7) is 1.89. The molecule has 0 aliphatic rings. The van der Waals surface area contributed by atoms with Gasteiger partial charge in [-0.15, -0.1) is 0 Å². The maximum Gasteiger partial charge on any atom is 0.136 e. The van der Waals surface area contributed by atoms with E-state index in [2.05, 4.69) is 0 Å². The molecule has 1 aromatic rings. The average Bonchev–Trinajstić information content (AvgIpc) is 2.28. The van der Waals surface area contributed by atoms with Crippen molar-refractivity contribution in [3.63, 3.8) is 0 Å². The summed E-state index contributed by atoms with van der Waals surface area (Å²) in [5.74, 6) is 1.70. The summed E-state index contributed by atoms with van der Waals surface area (Å²) in [5.41, 5.74) is 1.44. The van der Waals surface area contributed by atoms with Crippen molar-refractivity contribution in [3.05, 3.63) is 29.3 Å². The largest absolute Gasteiger partial charge is 0.495 e. The predicted octanol–water partition coefficient (Wildman–Crippen LogP) is 1.84. The molecule has 0 aromatic heterocycles. The lowest BCUT2D eigenvalue weighted by Gasteiger charge is -2.05. The summed E-state index contributed by atoms with van der Waals surface area (Å²) >= 11 is 0. The normalized spacial score (nSPS) is 11.8. The van der Waals surface area contributed by atoms with Crippen LogP contribution in [0.1, 0.15) is 18.1 Å². The molecule has 1 atom stereocenters. The van der Waals surface area contributed by atoms with Crippen LogP contribution in [-0.2, 0) is 16.6 Å². The average molecular weight is 223 g/mol. The van der Waals surface area contributed by atoms with Crippen LogP contribution in [0, 0.1) is 11.3 Å². The molecule has 1 rings (SSSR count). The molecular formula is C11H13NO2S. The molecule has 0 spiro atoms. The van der Waals surface area contributed by atoms with Gasteiger partial charge in [0, 0.05) is 22.3 Å². The SMILES string of the molecule is CCS(=O)Cc1ccc(C#N)c(OC)c1. The molecule has 0 bridgehead atoms. The second-order valence-corrected chi connectivity index (χ2v) is 4.76. The van der Waals surface area contributed by atoms with E-state index < -0.39 is 10.8 Å². The Labute approximate surface area is 92.1 Å². The van der Waals surface area contributed by atoms with Crippen LogP contribution in [-0.4, -0.2) is 17.1 Å². The number of nitriles is 1. The fraction of sp³-hybridized carbons (Fsp3) is 0.364. The van der Waals surface area contributed by atoms with Crippen LogP contribution in [0.2, 0.25) is 0 Å². The molecular weight excluding hydrogens is 210 g/mol. The second-order valence-electron chi connectivity index (χ2n) is 3.02. The van der Waals surface area contributed by atoms with Crippen LogP contribution in [0.25, 0.3) is 0 Å². The highest BCUT2D eigenvalue weighted by molar-refractivity contribution is 7.84. The number of ether oxygens (including phenoxy) is 1. The van der Waals surface area contributed by atoms with Crippen molar-refractivity contribution in [2.75, 3.05) is 12.9 Å². The third-order valence-corrected chi connectivity index (χ3v) is 3.34. The predicted molar refractivity (Wildman–Crippen MR) is 60.1 cm³/mol. The molecule has 0 fully saturated rings. The fourth-order valence-corrected chi connectivity index (χ4v) is 1.96. The van der Waals surface area contributed by atoms with E-state index in [1.165, 1.54) is 7.11 Å². The van der Waals surface area contributed by atoms with E-state index in [0.717, 1.165) is 5.56 Å². The third kappa shape index (κ3) is 3.07. The van der Waals surface area contributed by atoms with Gasteiger partial charge in [0.15, 0.2) is 0 Å². The molecule has 0 N–H and O–H groups in total. The Morgan fingerprint density at radius 3 is 2.80 bits per heavy atom. The van der Waals surface area contributed by atoms with Gasteiger partial charge in [0.25, 0.3) is 0 Å². The van der Waals surface area contributed by atoms with Crippen molar-refractivity contribution in [2.24, 2.45) is 0 Å². The summed E-state index contributed by atoms with van der Waals surface area (Å²) in [6.07, 6.45) is 0. The molecule has 0 aliphatic heterocycles. The molecule has 80 valence electrons. The highest BCUT2D eigenvalue weighted by Crippen LogP contribution is 2.20. The van der Waals surface area contributed by atoms with Gasteiger partial charge in [-0.1, -0.05) is 13.0 Å². The fourth-order valence-electron chi connectivity index (χ4n) is 1.21. The summed E-state index contributed by atoms with van der Waals surface area (Å²) in [5, 5.41) is 8.78. The number of benzene rings is 1. The minimum Gasteiger partial charge on any atom is -0.495 e. The highest BCUT2D eigenvalue weighted by Gasteiger charge is 2.05. The van der Waals surface area contributed by atoms with Gasteiger partial charge < -0.3 is 4.74 Å². The molecule has 0 aliphatic carbocycles. The summed E-state index contributed by atoms with van der Waals surface area (Å²) in [6, 6.07) is 7.32. The maximum absolute atomic E-state index is 11.3. The molecule has 4 heteroatoms. The van der Waals surface area contributed by atoms with Crippen LogP contribution in [0.3, 0.4) is 0 Å². The van der Waals surface area contributed by atoms with Crippen molar-refractivity contribution in [1.82, 2.24) is 0 Å². The van der Waals surface area contributed by atoms with Gasteiger partial charge in [-0.25, -0.2) is 0 Å². The first-order valence-electron chi connectivity index (χ1n) is 4.63. The monoisotopic (exact) mass is 223 g/mol. The van der Waals surface area contributed by atoms with Crippen molar-refractivity contribution >= 4 is 10.8 Å². The zero-order valence-corrected chi connectivity index (χ0v) is 9.63. The van der Waals surface area contributed by atoms with Gasteiger partial charge in [-0.05, 0) is 17.7 Å². The Bertz CT molecular complexity index is 410. The van der Waals surface area contributed by atoms with E-state index in [4.69, 9.17) is 10.00 Å². The van der Waals surface area contributed by atoms with Gasteiger partial charge in [0.1, 0.15) is 11.8 Å². The van der Waals surface area contributed by atoms with Crippen molar-refractivity contribution < 1.29 is 8.95 Å². The Morgan fingerprint density at radius 1 is 1.53 bits per heavy atom. The molecule has 15 heavy (non-hydrogen) atoms. The third-order valence-electron chi connectivity index (χ3n) is 2.04. The van der Waals surface area contributed by atoms with E-state index in [0.29, 0.717) is 22.8 Å². The minimum absolute atomic E-state index is 0.503. The molecule has 0 heterocycles. The molecule has 0 saturated heterocycles. The first kappa shape index (κ1) is 11.7. The lowest BCUT2D eigenvalue weighted by molar-refractivity contribution is 0.413. The zero-order valence-electron chi connectivity index (χ0n) is 8.82. The van der Waals surface area contributed by atoms with E-state index in [1.807, 2.05) is 19.1 Å². The van der Waals surface area contributed by atoms with E-state index in [1.54, 1.807) is 12.1 Å². The Balaban J connectivity index is 2.94. The van der Waals surface area contributed by atoms with Gasteiger partial charge in [0.2, 0.25) is 0 Å². The Morgan fingerprint density at radius 2 is 2.27 bits per heavy atom. The smallest absolute Gasteiger partial charge is 0.136 e. The van der Waals surface area contributed by atoms with Gasteiger partial charge in [-0.2, -0.15) is 5.26 Å². The van der Waals surface area contributed by atoms with E-state index >= 15 is 0 Å². The van der Waals surface area contributed by atoms with Crippen molar-refractivity contribution in [1.29, 1.82) is 5.26 Å². The lowest BCUT2D eigenvalue weighted by atomic mass is 10.1. The summed E-state index contributed by atoms with van der Waals surface area (Å²) in [7, 11) is 0.689. The van der Waals surface area contributed by atoms with Crippen LogP contribution in [0.15, 0.2) is 18.2 Å². The van der Waals surface area contributed by atoms with Crippen molar-refractivity contribution in [3.8, 4) is 11.8 Å². The first-order valence-corrected chi connectivity index (χ1v) is 6.12. The summed E-state index contributed by atoms with van der Waals surface area (Å²) < 4.78 is 16.4. The van der Waals surface area contributed by atoms with Gasteiger partial charge >= 0.3 is 0 Å². The topological polar surface area (TPSA) is 50.1 Å². The van der Waals surface area contributed by atoms with Crippen LogP contribution in [0.4, 0.5) is 0 Å². The first-order chi connectivity index (χ1) is 7.21. The molecule has 0 amide bonds. The van der Waals surface area contributed by atoms with Crippen LogP contribution >= 0.6 is 0 Å². The van der Waals surface area contributed by atoms with E-state index in [9.17, 15) is 4.21 Å².